The van der Waals surface area contributed by atoms with Gasteiger partial charge in [0.2, 0.25) is 5.91 Å². The number of amides is 3. The molecule has 0 fully saturated rings. The molecule has 2 aromatic rings. The highest BCUT2D eigenvalue weighted by Crippen LogP contribution is 2.07. The molecule has 0 aliphatic rings. The molecule has 0 unspecified atom stereocenters. The van der Waals surface area contributed by atoms with Crippen LogP contribution in [0.15, 0.2) is 54.6 Å². The van der Waals surface area contributed by atoms with Gasteiger partial charge in [-0.25, -0.2) is 0 Å². The van der Waals surface area contributed by atoms with Gasteiger partial charge in [0.25, 0.3) is 11.8 Å². The van der Waals surface area contributed by atoms with Crippen LogP contribution in [0, 0.1) is 0 Å². The number of rotatable bonds is 7. The minimum Gasteiger partial charge on any atom is -0.352 e. The molecule has 2 rings (SSSR count). The van der Waals surface area contributed by atoms with E-state index in [0.717, 1.165) is 5.56 Å². The van der Waals surface area contributed by atoms with Gasteiger partial charge in [-0.3, -0.25) is 14.4 Å². The molecule has 0 aliphatic carbocycles. The monoisotopic (exact) mass is 381 g/mol. The topological polar surface area (TPSA) is 87.3 Å². The first-order valence-corrected chi connectivity index (χ1v) is 9.26. The van der Waals surface area contributed by atoms with E-state index in [1.54, 1.807) is 24.3 Å². The van der Waals surface area contributed by atoms with Gasteiger partial charge in [0.15, 0.2) is 0 Å². The molecule has 0 atom stereocenters. The van der Waals surface area contributed by atoms with Crippen LogP contribution < -0.4 is 16.0 Å². The average molecular weight is 381 g/mol. The molecule has 3 N–H and O–H groups in total. The number of hydrogen-bond acceptors (Lipinski definition) is 3. The van der Waals surface area contributed by atoms with E-state index < -0.39 is 0 Å². The van der Waals surface area contributed by atoms with Crippen LogP contribution in [0.4, 0.5) is 0 Å². The molecule has 0 radical (unpaired) electrons. The van der Waals surface area contributed by atoms with Crippen molar-refractivity contribution in [3.8, 4) is 0 Å². The van der Waals surface area contributed by atoms with Crippen molar-refractivity contribution >= 4 is 17.7 Å². The number of carbonyl (C=O) groups is 3. The molecule has 0 aromatic heterocycles. The summed E-state index contributed by atoms with van der Waals surface area (Å²) in [4.78, 5) is 36.1. The van der Waals surface area contributed by atoms with E-state index in [1.165, 1.54) is 0 Å². The molecule has 28 heavy (non-hydrogen) atoms. The third-order valence-electron chi connectivity index (χ3n) is 3.87. The van der Waals surface area contributed by atoms with Crippen LogP contribution in [-0.2, 0) is 11.3 Å². The lowest BCUT2D eigenvalue weighted by Gasteiger charge is -2.20. The lowest BCUT2D eigenvalue weighted by molar-refractivity contribution is -0.121. The summed E-state index contributed by atoms with van der Waals surface area (Å²) in [6.07, 6.45) is 0.199. The van der Waals surface area contributed by atoms with Crippen molar-refractivity contribution in [2.45, 2.75) is 39.3 Å². The molecule has 0 saturated carbocycles. The first-order valence-electron chi connectivity index (χ1n) is 9.26. The van der Waals surface area contributed by atoms with Crippen molar-refractivity contribution in [3.05, 3.63) is 71.3 Å². The number of carbonyl (C=O) groups excluding carboxylic acids is 3. The molecule has 6 heteroatoms. The Morgan fingerprint density at radius 2 is 1.36 bits per heavy atom. The Hall–Kier alpha value is -3.15. The summed E-state index contributed by atoms with van der Waals surface area (Å²) >= 11 is 0. The highest BCUT2D eigenvalue weighted by Gasteiger charge is 2.15. The van der Waals surface area contributed by atoms with Crippen molar-refractivity contribution in [3.63, 3.8) is 0 Å². The van der Waals surface area contributed by atoms with E-state index in [0.29, 0.717) is 17.7 Å². The standard InChI is InChI=1S/C22H27N3O3/c1-22(2,3)25-21(28)18-11-9-17(10-12-18)20(27)23-14-13-19(26)24-15-16-7-5-4-6-8-16/h4-12H,13-15H2,1-3H3,(H,23,27)(H,24,26)(H,25,28). The van der Waals surface area contributed by atoms with E-state index in [9.17, 15) is 14.4 Å². The smallest absolute Gasteiger partial charge is 0.251 e. The summed E-state index contributed by atoms with van der Waals surface area (Å²) in [6, 6.07) is 16.1. The summed E-state index contributed by atoms with van der Waals surface area (Å²) in [6.45, 7) is 6.42. The SMILES string of the molecule is CC(C)(C)NC(=O)c1ccc(C(=O)NCCC(=O)NCc2ccccc2)cc1. The highest BCUT2D eigenvalue weighted by molar-refractivity contribution is 5.98. The number of benzene rings is 2. The second-order valence-electron chi connectivity index (χ2n) is 7.55. The lowest BCUT2D eigenvalue weighted by Crippen LogP contribution is -2.40. The molecule has 0 aliphatic heterocycles. The van der Waals surface area contributed by atoms with Crippen LogP contribution >= 0.6 is 0 Å². The van der Waals surface area contributed by atoms with Gasteiger partial charge >= 0.3 is 0 Å². The zero-order valence-electron chi connectivity index (χ0n) is 16.5. The van der Waals surface area contributed by atoms with E-state index in [4.69, 9.17) is 0 Å². The van der Waals surface area contributed by atoms with Gasteiger partial charge in [-0.2, -0.15) is 0 Å². The van der Waals surface area contributed by atoms with Crippen molar-refractivity contribution in [1.29, 1.82) is 0 Å². The Morgan fingerprint density at radius 1 is 0.786 bits per heavy atom. The van der Waals surface area contributed by atoms with Gasteiger partial charge in [0, 0.05) is 36.2 Å². The zero-order valence-corrected chi connectivity index (χ0v) is 16.5. The minimum atomic E-state index is -0.325. The molecule has 148 valence electrons. The van der Waals surface area contributed by atoms with Crippen LogP contribution in [-0.4, -0.2) is 29.8 Å². The summed E-state index contributed by atoms with van der Waals surface area (Å²) in [5.74, 6) is -0.591. The maximum atomic E-state index is 12.2. The number of hydrogen-bond donors (Lipinski definition) is 3. The van der Waals surface area contributed by atoms with Crippen LogP contribution in [0.25, 0.3) is 0 Å². The Morgan fingerprint density at radius 3 is 1.93 bits per heavy atom. The minimum absolute atomic E-state index is 0.127. The largest absolute Gasteiger partial charge is 0.352 e. The van der Waals surface area contributed by atoms with Gasteiger partial charge in [-0.15, -0.1) is 0 Å². The molecule has 6 nitrogen and oxygen atoms in total. The van der Waals surface area contributed by atoms with Crippen molar-refractivity contribution in [1.82, 2.24) is 16.0 Å². The molecular weight excluding hydrogens is 354 g/mol. The summed E-state index contributed by atoms with van der Waals surface area (Å²) in [5, 5.41) is 8.40. The van der Waals surface area contributed by atoms with Gasteiger partial charge in [-0.1, -0.05) is 30.3 Å². The zero-order chi connectivity index (χ0) is 20.6. The maximum Gasteiger partial charge on any atom is 0.251 e. The predicted molar refractivity (Wildman–Crippen MR) is 109 cm³/mol. The second-order valence-corrected chi connectivity index (χ2v) is 7.55. The third-order valence-corrected chi connectivity index (χ3v) is 3.87. The number of nitrogens with one attached hydrogen (secondary N) is 3. The van der Waals surface area contributed by atoms with Crippen molar-refractivity contribution in [2.75, 3.05) is 6.54 Å². The van der Waals surface area contributed by atoms with E-state index in [2.05, 4.69) is 16.0 Å². The highest BCUT2D eigenvalue weighted by atomic mass is 16.2. The molecule has 0 heterocycles. The third kappa shape index (κ3) is 7.23. The van der Waals surface area contributed by atoms with Crippen molar-refractivity contribution < 1.29 is 14.4 Å². The Labute approximate surface area is 165 Å². The quantitative estimate of drug-likeness (QED) is 0.689. The van der Waals surface area contributed by atoms with Crippen LogP contribution in [0.5, 0.6) is 0 Å². The fraction of sp³-hybridized carbons (Fsp3) is 0.318. The molecule has 0 bridgehead atoms. The lowest BCUT2D eigenvalue weighted by atomic mass is 10.1. The second kappa shape index (κ2) is 9.69. The molecule has 0 spiro atoms. The molecule has 0 saturated heterocycles. The molecular formula is C22H27N3O3. The Kier molecular flexibility index (Phi) is 7.32. The summed E-state index contributed by atoms with van der Waals surface area (Å²) in [7, 11) is 0. The fourth-order valence-corrected chi connectivity index (χ4v) is 2.46. The van der Waals surface area contributed by atoms with Gasteiger partial charge in [0.05, 0.1) is 0 Å². The first-order chi connectivity index (χ1) is 13.2. The van der Waals surface area contributed by atoms with Gasteiger partial charge < -0.3 is 16.0 Å². The van der Waals surface area contributed by atoms with Crippen LogP contribution in [0.1, 0.15) is 53.5 Å². The molecule has 2 aromatic carbocycles. The fourth-order valence-electron chi connectivity index (χ4n) is 2.46. The van der Waals surface area contributed by atoms with Crippen LogP contribution in [0.2, 0.25) is 0 Å². The van der Waals surface area contributed by atoms with Crippen LogP contribution in [0.3, 0.4) is 0 Å². The normalized spacial score (nSPS) is 10.8. The summed E-state index contributed by atoms with van der Waals surface area (Å²) < 4.78 is 0. The summed E-state index contributed by atoms with van der Waals surface area (Å²) in [5.41, 5.74) is 1.63. The maximum absolute atomic E-state index is 12.2. The van der Waals surface area contributed by atoms with Crippen molar-refractivity contribution in [2.24, 2.45) is 0 Å². The van der Waals surface area contributed by atoms with E-state index in [1.807, 2.05) is 51.1 Å². The van der Waals surface area contributed by atoms with E-state index >= 15 is 0 Å². The van der Waals surface area contributed by atoms with Gasteiger partial charge in [-0.05, 0) is 50.6 Å². The van der Waals surface area contributed by atoms with Gasteiger partial charge in [0.1, 0.15) is 0 Å². The first kappa shape index (κ1) is 21.2. The molecule has 3 amide bonds. The average Bonchev–Trinajstić information content (AvgIpc) is 2.66. The Balaban J connectivity index is 1.75. The Bertz CT molecular complexity index is 809. The van der Waals surface area contributed by atoms with E-state index in [-0.39, 0.29) is 36.2 Å². The predicted octanol–water partition coefficient (Wildman–Crippen LogP) is 2.65.